The van der Waals surface area contributed by atoms with Gasteiger partial charge >= 0.3 is 0 Å². The first-order chi connectivity index (χ1) is 17.9. The maximum absolute atomic E-state index is 13.9. The predicted molar refractivity (Wildman–Crippen MR) is 149 cm³/mol. The summed E-state index contributed by atoms with van der Waals surface area (Å²) in [5.74, 6) is 0.472. The van der Waals surface area contributed by atoms with Crippen LogP contribution >= 0.6 is 11.3 Å². The van der Waals surface area contributed by atoms with Gasteiger partial charge < -0.3 is 14.5 Å². The summed E-state index contributed by atoms with van der Waals surface area (Å²) in [7, 11) is 0. The molecule has 0 radical (unpaired) electrons. The number of thiazole rings is 1. The molecule has 198 valence electrons. The molecule has 37 heavy (non-hydrogen) atoms. The summed E-state index contributed by atoms with van der Waals surface area (Å²) < 4.78 is 6.55. The zero-order chi connectivity index (χ0) is 26.4. The van der Waals surface area contributed by atoms with Crippen LogP contribution in [0.25, 0.3) is 10.2 Å². The number of carbonyl (C=O) groups excluding carboxylic acids is 1. The fourth-order valence-electron chi connectivity index (χ4n) is 4.69. The van der Waals surface area contributed by atoms with Crippen LogP contribution in [-0.4, -0.2) is 66.6 Å². The Bertz CT molecular complexity index is 1240. The Morgan fingerprint density at radius 3 is 2.51 bits per heavy atom. The summed E-state index contributed by atoms with van der Waals surface area (Å²) in [4.78, 5) is 36.2. The molecule has 1 fully saturated rings. The molecule has 0 aliphatic carbocycles. The van der Waals surface area contributed by atoms with Crippen molar-refractivity contribution in [3.05, 3.63) is 52.1 Å². The molecule has 0 N–H and O–H groups in total. The predicted octanol–water partition coefficient (Wildman–Crippen LogP) is 5.58. The van der Waals surface area contributed by atoms with E-state index < -0.39 is 0 Å². The maximum atomic E-state index is 13.9. The Morgan fingerprint density at radius 1 is 1.08 bits per heavy atom. The molecule has 10 heteroatoms. The number of ether oxygens (including phenoxy) is 1. The third kappa shape index (κ3) is 6.19. The highest BCUT2D eigenvalue weighted by molar-refractivity contribution is 7.22. The SMILES string of the molecule is CCOc1ccc2nc(N(CCN(CC)CC)C(=O)c3ccc(N4CCCCC4)c([N+](=O)[O-])c3)sc2c1. The van der Waals surface area contributed by atoms with Gasteiger partial charge in [0, 0.05) is 37.8 Å². The molecule has 0 atom stereocenters. The second kappa shape index (κ2) is 12.3. The highest BCUT2D eigenvalue weighted by atomic mass is 32.1. The summed E-state index contributed by atoms with van der Waals surface area (Å²) in [6, 6.07) is 10.6. The van der Waals surface area contributed by atoms with Crippen LogP contribution in [0.15, 0.2) is 36.4 Å². The van der Waals surface area contributed by atoms with E-state index in [1.54, 1.807) is 17.0 Å². The monoisotopic (exact) mass is 525 g/mol. The summed E-state index contributed by atoms with van der Waals surface area (Å²) >= 11 is 1.42. The molecular weight excluding hydrogens is 490 g/mol. The van der Waals surface area contributed by atoms with Gasteiger partial charge in [-0.05, 0) is 69.6 Å². The van der Waals surface area contributed by atoms with Crippen molar-refractivity contribution in [3.8, 4) is 5.75 Å². The van der Waals surface area contributed by atoms with E-state index in [4.69, 9.17) is 9.72 Å². The van der Waals surface area contributed by atoms with Crippen LogP contribution < -0.4 is 14.5 Å². The lowest BCUT2D eigenvalue weighted by Crippen LogP contribution is -2.39. The van der Waals surface area contributed by atoms with E-state index >= 15 is 0 Å². The number of aromatic nitrogens is 1. The standard InChI is InChI=1S/C27H35N5O4S/c1-4-29(5-2)16-17-31(27-28-22-12-11-21(36-6-3)19-25(22)37-27)26(33)20-10-13-23(24(18-20)32(34)35)30-14-8-7-9-15-30/h10-13,18-19H,4-9,14-17H2,1-3H3. The van der Waals surface area contributed by atoms with Crippen LogP contribution in [0.2, 0.25) is 0 Å². The third-order valence-electron chi connectivity index (χ3n) is 6.79. The number of nitrogens with zero attached hydrogens (tertiary/aromatic N) is 5. The Hall–Kier alpha value is -3.24. The normalized spacial score (nSPS) is 13.8. The van der Waals surface area contributed by atoms with Gasteiger partial charge in [-0.2, -0.15) is 0 Å². The number of anilines is 2. The Morgan fingerprint density at radius 2 is 1.84 bits per heavy atom. The number of likely N-dealkylation sites (N-methyl/N-ethyl adjacent to an activating group) is 1. The molecule has 2 heterocycles. The van der Waals surface area contributed by atoms with Crippen LogP contribution in [0, 0.1) is 10.1 Å². The minimum absolute atomic E-state index is 0.0258. The second-order valence-electron chi connectivity index (χ2n) is 9.05. The van der Waals surface area contributed by atoms with Gasteiger partial charge in [0.05, 0.1) is 21.7 Å². The van der Waals surface area contributed by atoms with Crippen molar-refractivity contribution in [2.45, 2.75) is 40.0 Å². The number of nitro benzene ring substituents is 1. The highest BCUT2D eigenvalue weighted by Crippen LogP contribution is 2.35. The van der Waals surface area contributed by atoms with Gasteiger partial charge in [-0.3, -0.25) is 19.8 Å². The summed E-state index contributed by atoms with van der Waals surface area (Å²) in [6.07, 6.45) is 3.16. The van der Waals surface area contributed by atoms with Crippen LogP contribution in [0.4, 0.5) is 16.5 Å². The van der Waals surface area contributed by atoms with Crippen molar-refractivity contribution >= 4 is 44.0 Å². The van der Waals surface area contributed by atoms with Crippen molar-refractivity contribution < 1.29 is 14.5 Å². The number of hydrogen-bond donors (Lipinski definition) is 0. The molecule has 1 aliphatic heterocycles. The lowest BCUT2D eigenvalue weighted by molar-refractivity contribution is -0.384. The molecule has 0 bridgehead atoms. The van der Waals surface area contributed by atoms with Crippen LogP contribution in [0.3, 0.4) is 0 Å². The van der Waals surface area contributed by atoms with Crippen molar-refractivity contribution in [1.29, 1.82) is 0 Å². The fraction of sp³-hybridized carbons (Fsp3) is 0.481. The van der Waals surface area contributed by atoms with E-state index in [0.29, 0.717) is 36.1 Å². The zero-order valence-corrected chi connectivity index (χ0v) is 22.6. The van der Waals surface area contributed by atoms with Crippen molar-refractivity contribution in [2.75, 3.05) is 55.7 Å². The maximum Gasteiger partial charge on any atom is 0.293 e. The lowest BCUT2D eigenvalue weighted by Gasteiger charge is -2.28. The first-order valence-electron chi connectivity index (χ1n) is 13.1. The van der Waals surface area contributed by atoms with E-state index in [-0.39, 0.29) is 16.5 Å². The topological polar surface area (TPSA) is 92.1 Å². The quantitative estimate of drug-likeness (QED) is 0.238. The number of hydrogen-bond acceptors (Lipinski definition) is 8. The molecule has 3 aromatic rings. The van der Waals surface area contributed by atoms with Gasteiger partial charge in [-0.25, -0.2) is 4.98 Å². The Balaban J connectivity index is 1.69. The minimum Gasteiger partial charge on any atom is -0.494 e. The number of piperidine rings is 1. The molecule has 1 amide bonds. The number of rotatable bonds is 11. The summed E-state index contributed by atoms with van der Waals surface area (Å²) in [5.41, 5.74) is 1.64. The molecule has 0 spiro atoms. The number of fused-ring (bicyclic) bond motifs is 1. The van der Waals surface area contributed by atoms with Crippen molar-refractivity contribution in [2.24, 2.45) is 0 Å². The molecule has 1 aromatic heterocycles. The van der Waals surface area contributed by atoms with Gasteiger partial charge in [-0.15, -0.1) is 0 Å². The van der Waals surface area contributed by atoms with Gasteiger partial charge in [0.2, 0.25) is 0 Å². The number of benzene rings is 2. The van der Waals surface area contributed by atoms with E-state index in [1.807, 2.05) is 25.1 Å². The van der Waals surface area contributed by atoms with E-state index in [1.165, 1.54) is 17.4 Å². The fourth-order valence-corrected chi connectivity index (χ4v) is 5.71. The molecule has 4 rings (SSSR count). The molecule has 1 saturated heterocycles. The number of nitro groups is 1. The van der Waals surface area contributed by atoms with Crippen LogP contribution in [0.5, 0.6) is 5.75 Å². The van der Waals surface area contributed by atoms with E-state index in [2.05, 4.69) is 23.6 Å². The van der Waals surface area contributed by atoms with Gasteiger partial charge in [0.1, 0.15) is 11.4 Å². The number of carbonyl (C=O) groups is 1. The van der Waals surface area contributed by atoms with Gasteiger partial charge in [0.15, 0.2) is 5.13 Å². The smallest absolute Gasteiger partial charge is 0.293 e. The summed E-state index contributed by atoms with van der Waals surface area (Å²) in [6.45, 7) is 11.1. The second-order valence-corrected chi connectivity index (χ2v) is 10.1. The summed E-state index contributed by atoms with van der Waals surface area (Å²) in [5, 5.41) is 12.6. The molecule has 0 unspecified atom stereocenters. The van der Waals surface area contributed by atoms with Gasteiger partial charge in [0.25, 0.3) is 11.6 Å². The van der Waals surface area contributed by atoms with E-state index in [0.717, 1.165) is 61.4 Å². The molecule has 1 aliphatic rings. The molecule has 9 nitrogen and oxygen atoms in total. The molecule has 0 saturated carbocycles. The number of amides is 1. The van der Waals surface area contributed by atoms with E-state index in [9.17, 15) is 14.9 Å². The first-order valence-corrected chi connectivity index (χ1v) is 13.9. The van der Waals surface area contributed by atoms with Crippen LogP contribution in [-0.2, 0) is 0 Å². The zero-order valence-electron chi connectivity index (χ0n) is 21.8. The van der Waals surface area contributed by atoms with Crippen molar-refractivity contribution in [3.63, 3.8) is 0 Å². The average molecular weight is 526 g/mol. The van der Waals surface area contributed by atoms with Crippen LogP contribution in [0.1, 0.15) is 50.4 Å². The third-order valence-corrected chi connectivity index (χ3v) is 7.83. The first kappa shape index (κ1) is 26.8. The van der Waals surface area contributed by atoms with Crippen molar-refractivity contribution in [1.82, 2.24) is 9.88 Å². The minimum atomic E-state index is -0.381. The average Bonchev–Trinajstić information content (AvgIpc) is 3.34. The Labute approximate surface area is 221 Å². The lowest BCUT2D eigenvalue weighted by atomic mass is 10.1. The largest absolute Gasteiger partial charge is 0.494 e. The Kier molecular flexibility index (Phi) is 8.94. The van der Waals surface area contributed by atoms with Gasteiger partial charge in [-0.1, -0.05) is 25.2 Å². The molecule has 2 aromatic carbocycles. The highest BCUT2D eigenvalue weighted by Gasteiger charge is 2.27. The molecular formula is C27H35N5O4S.